The van der Waals surface area contributed by atoms with Gasteiger partial charge in [0.05, 0.1) is 17.0 Å². The van der Waals surface area contributed by atoms with E-state index < -0.39 is 21.4 Å². The average molecular weight is 338 g/mol. The van der Waals surface area contributed by atoms with Crippen LogP contribution in [-0.2, 0) is 14.8 Å². The van der Waals surface area contributed by atoms with Gasteiger partial charge in [0.15, 0.2) is 0 Å². The predicted molar refractivity (Wildman–Crippen MR) is 68.3 cm³/mol. The summed E-state index contributed by atoms with van der Waals surface area (Å²) in [5, 5.41) is 0. The number of ether oxygens (including phenoxy) is 1. The lowest BCUT2D eigenvalue weighted by Gasteiger charge is -2.23. The molecule has 1 aliphatic rings. The first-order valence-electron chi connectivity index (χ1n) is 5.39. The summed E-state index contributed by atoms with van der Waals surface area (Å²) in [5.41, 5.74) is -0.605. The van der Waals surface area contributed by atoms with E-state index in [-0.39, 0.29) is 9.37 Å². The molecule has 0 saturated carbocycles. The Balaban J connectivity index is 2.30. The van der Waals surface area contributed by atoms with Gasteiger partial charge in [0.1, 0.15) is 5.82 Å². The highest BCUT2D eigenvalue weighted by molar-refractivity contribution is 9.10. The Morgan fingerprint density at radius 3 is 2.78 bits per heavy atom. The Kier molecular flexibility index (Phi) is 3.77. The molecule has 0 aliphatic carbocycles. The summed E-state index contributed by atoms with van der Waals surface area (Å²) >= 11 is 3.06. The maximum atomic E-state index is 13.0. The second-order valence-electron chi connectivity index (χ2n) is 4.54. The molecule has 0 bridgehead atoms. The van der Waals surface area contributed by atoms with Gasteiger partial charge in [-0.2, -0.15) is 0 Å². The lowest BCUT2D eigenvalue weighted by molar-refractivity contribution is 0.178. The minimum absolute atomic E-state index is 0.0250. The summed E-state index contributed by atoms with van der Waals surface area (Å²) in [6.07, 6.45) is 0.616. The van der Waals surface area contributed by atoms with Crippen LogP contribution in [0.25, 0.3) is 0 Å². The van der Waals surface area contributed by atoms with Crippen molar-refractivity contribution in [3.63, 3.8) is 0 Å². The van der Waals surface area contributed by atoms with Crippen LogP contribution in [-0.4, -0.2) is 27.2 Å². The predicted octanol–water partition coefficient (Wildman–Crippen LogP) is 2.05. The van der Waals surface area contributed by atoms with Gasteiger partial charge in [-0.15, -0.1) is 0 Å². The summed E-state index contributed by atoms with van der Waals surface area (Å²) in [4.78, 5) is 0.0250. The minimum atomic E-state index is -3.69. The highest BCUT2D eigenvalue weighted by atomic mass is 79.9. The third kappa shape index (κ3) is 2.90. The molecule has 7 heteroatoms. The van der Waals surface area contributed by atoms with Crippen molar-refractivity contribution in [3.05, 3.63) is 28.5 Å². The summed E-state index contributed by atoms with van der Waals surface area (Å²) in [5.74, 6) is -0.490. The van der Waals surface area contributed by atoms with E-state index in [1.165, 1.54) is 6.07 Å². The highest BCUT2D eigenvalue weighted by Crippen LogP contribution is 2.26. The number of benzene rings is 1. The lowest BCUT2D eigenvalue weighted by atomic mass is 10.0. The Labute approximate surface area is 114 Å². The second-order valence-corrected chi connectivity index (χ2v) is 7.05. The summed E-state index contributed by atoms with van der Waals surface area (Å²) in [6, 6.07) is 3.48. The lowest BCUT2D eigenvalue weighted by Crippen LogP contribution is -2.46. The molecule has 1 aliphatic heterocycles. The van der Waals surface area contributed by atoms with Gasteiger partial charge < -0.3 is 4.74 Å². The molecule has 4 nitrogen and oxygen atoms in total. The normalized spacial score (nSPS) is 24.4. The number of nitrogens with one attached hydrogen (secondary N) is 1. The minimum Gasteiger partial charge on any atom is -0.379 e. The molecule has 1 aromatic carbocycles. The molecule has 1 unspecified atom stereocenters. The van der Waals surface area contributed by atoms with E-state index in [4.69, 9.17) is 4.74 Å². The van der Waals surface area contributed by atoms with Gasteiger partial charge in [-0.3, -0.25) is 0 Å². The van der Waals surface area contributed by atoms with Gasteiger partial charge in [-0.05, 0) is 47.5 Å². The summed E-state index contributed by atoms with van der Waals surface area (Å²) in [6.45, 7) is 2.66. The maximum absolute atomic E-state index is 13.0. The van der Waals surface area contributed by atoms with E-state index in [2.05, 4.69) is 20.7 Å². The molecule has 0 aromatic heterocycles. The van der Waals surface area contributed by atoms with Crippen LogP contribution in [0.3, 0.4) is 0 Å². The molecule has 18 heavy (non-hydrogen) atoms. The van der Waals surface area contributed by atoms with Crippen molar-refractivity contribution in [1.29, 1.82) is 0 Å². The van der Waals surface area contributed by atoms with Crippen molar-refractivity contribution >= 4 is 26.0 Å². The molecule has 100 valence electrons. The van der Waals surface area contributed by atoms with Gasteiger partial charge >= 0.3 is 0 Å². The molecule has 1 saturated heterocycles. The third-order valence-electron chi connectivity index (χ3n) is 2.78. The molecular formula is C11H13BrFNO3S. The highest BCUT2D eigenvalue weighted by Gasteiger charge is 2.35. The number of hydrogen-bond acceptors (Lipinski definition) is 3. The van der Waals surface area contributed by atoms with Crippen molar-refractivity contribution in [1.82, 2.24) is 4.72 Å². The monoisotopic (exact) mass is 337 g/mol. The van der Waals surface area contributed by atoms with Crippen LogP contribution in [0.5, 0.6) is 0 Å². The van der Waals surface area contributed by atoms with Crippen LogP contribution in [0.2, 0.25) is 0 Å². The SMILES string of the molecule is CC1(NS(=O)(=O)c2ccc(F)cc2Br)CCOC1. The van der Waals surface area contributed by atoms with Crippen LogP contribution in [0.4, 0.5) is 4.39 Å². The fourth-order valence-electron chi connectivity index (χ4n) is 1.82. The zero-order chi connectivity index (χ0) is 13.4. The summed E-state index contributed by atoms with van der Waals surface area (Å²) < 4.78 is 45.4. The standard InChI is InChI=1S/C11H13BrFNO3S/c1-11(4-5-17-7-11)14-18(15,16)10-3-2-8(13)6-9(10)12/h2-3,6,14H,4-5,7H2,1H3. The zero-order valence-corrected chi connectivity index (χ0v) is 12.1. The quantitative estimate of drug-likeness (QED) is 0.918. The molecule has 0 radical (unpaired) electrons. The summed E-state index contributed by atoms with van der Waals surface area (Å²) in [7, 11) is -3.69. The molecular weight excluding hydrogens is 325 g/mol. The smallest absolute Gasteiger partial charge is 0.242 e. The third-order valence-corrected chi connectivity index (χ3v) is 5.40. The fourth-order valence-corrected chi connectivity index (χ4v) is 4.29. The van der Waals surface area contributed by atoms with Crippen molar-refractivity contribution in [2.75, 3.05) is 13.2 Å². The zero-order valence-electron chi connectivity index (χ0n) is 9.74. The average Bonchev–Trinajstić information content (AvgIpc) is 2.62. The van der Waals surface area contributed by atoms with E-state index in [9.17, 15) is 12.8 Å². The van der Waals surface area contributed by atoms with Gasteiger partial charge in [0.2, 0.25) is 10.0 Å². The van der Waals surface area contributed by atoms with Crippen molar-refractivity contribution in [2.45, 2.75) is 23.8 Å². The van der Waals surface area contributed by atoms with Crippen LogP contribution < -0.4 is 4.72 Å². The Morgan fingerprint density at radius 1 is 1.50 bits per heavy atom. The van der Waals surface area contributed by atoms with Crippen molar-refractivity contribution in [2.24, 2.45) is 0 Å². The molecule has 2 rings (SSSR count). The van der Waals surface area contributed by atoms with Gasteiger partial charge in [-0.25, -0.2) is 17.5 Å². The Hall–Kier alpha value is -0.500. The molecule has 1 N–H and O–H groups in total. The largest absolute Gasteiger partial charge is 0.379 e. The molecule has 1 fully saturated rings. The van der Waals surface area contributed by atoms with E-state index in [1.54, 1.807) is 6.92 Å². The van der Waals surface area contributed by atoms with Crippen LogP contribution in [0, 0.1) is 5.82 Å². The van der Waals surface area contributed by atoms with E-state index >= 15 is 0 Å². The van der Waals surface area contributed by atoms with Crippen LogP contribution in [0.1, 0.15) is 13.3 Å². The fraction of sp³-hybridized carbons (Fsp3) is 0.455. The molecule has 1 atom stereocenters. The topological polar surface area (TPSA) is 55.4 Å². The Morgan fingerprint density at radius 2 is 2.22 bits per heavy atom. The van der Waals surface area contributed by atoms with Crippen LogP contribution >= 0.6 is 15.9 Å². The van der Waals surface area contributed by atoms with E-state index in [0.29, 0.717) is 19.6 Å². The maximum Gasteiger partial charge on any atom is 0.242 e. The van der Waals surface area contributed by atoms with Crippen molar-refractivity contribution in [3.8, 4) is 0 Å². The first kappa shape index (κ1) is 13.9. The van der Waals surface area contributed by atoms with Crippen molar-refractivity contribution < 1.29 is 17.5 Å². The van der Waals surface area contributed by atoms with Gasteiger partial charge in [0, 0.05) is 11.1 Å². The van der Waals surface area contributed by atoms with Gasteiger partial charge in [-0.1, -0.05) is 0 Å². The molecule has 1 aromatic rings. The number of hydrogen-bond donors (Lipinski definition) is 1. The molecule has 0 amide bonds. The van der Waals surface area contributed by atoms with E-state index in [1.807, 2.05) is 0 Å². The van der Waals surface area contributed by atoms with E-state index in [0.717, 1.165) is 12.1 Å². The second kappa shape index (κ2) is 4.88. The number of halogens is 2. The van der Waals surface area contributed by atoms with Gasteiger partial charge in [0.25, 0.3) is 0 Å². The number of rotatable bonds is 3. The molecule has 0 spiro atoms. The first-order valence-corrected chi connectivity index (χ1v) is 7.67. The first-order chi connectivity index (χ1) is 8.32. The molecule has 1 heterocycles. The van der Waals surface area contributed by atoms with Crippen LogP contribution in [0.15, 0.2) is 27.6 Å². The Bertz CT molecular complexity index is 555. The number of sulfonamides is 1.